The van der Waals surface area contributed by atoms with Crippen LogP contribution in [-0.2, 0) is 32.0 Å². The van der Waals surface area contributed by atoms with Gasteiger partial charge in [-0.15, -0.1) is 11.3 Å². The number of aromatic nitrogens is 1. The number of thiazole rings is 1. The van der Waals surface area contributed by atoms with E-state index < -0.39 is 29.7 Å². The van der Waals surface area contributed by atoms with Gasteiger partial charge in [0.1, 0.15) is 11.8 Å². The topological polar surface area (TPSA) is 167 Å². The first-order valence-corrected chi connectivity index (χ1v) is 19.5. The molecule has 14 heteroatoms. The molecular weight excluding hydrogens is 721 g/mol. The molecule has 1 unspecified atom stereocenters. The SMILES string of the molecule is Cc1sc(NC(=O)Cc2cccc(OCCCCNc3cccc4c3C(=O)N(C3CCC(=O)NC3=O)C4=O)c2)nc1-c1ccc2c(c1)CCN2C(=O)C1CC1. The molecule has 1 atom stereocenters. The Labute approximate surface area is 321 Å². The highest BCUT2D eigenvalue weighted by molar-refractivity contribution is 7.16. The summed E-state index contributed by atoms with van der Waals surface area (Å²) in [4.78, 5) is 84.8. The normalized spacial score (nSPS) is 17.6. The highest BCUT2D eigenvalue weighted by Crippen LogP contribution is 2.39. The summed E-state index contributed by atoms with van der Waals surface area (Å²) >= 11 is 1.43. The minimum Gasteiger partial charge on any atom is -0.494 e. The van der Waals surface area contributed by atoms with Crippen molar-refractivity contribution in [2.75, 3.05) is 35.2 Å². The van der Waals surface area contributed by atoms with Crippen LogP contribution in [0.4, 0.5) is 16.5 Å². The number of piperidine rings is 1. The first-order chi connectivity index (χ1) is 26.6. The van der Waals surface area contributed by atoms with Crippen molar-refractivity contribution in [2.45, 2.75) is 64.3 Å². The molecule has 2 fully saturated rings. The number of nitrogens with one attached hydrogen (secondary N) is 3. The van der Waals surface area contributed by atoms with E-state index in [9.17, 15) is 28.8 Å². The van der Waals surface area contributed by atoms with Gasteiger partial charge in [0.05, 0.1) is 29.8 Å². The standard InChI is InChI=1S/C41H40N6O7S/c1-23-36(27-12-13-31-26(22-27)16-18-46(31)38(51)25-10-11-25)45-41(55-23)44-34(49)21-24-6-4-7-28(20-24)54-19-3-2-17-42-30-9-5-8-29-35(30)40(53)47(39(29)52)32-14-15-33(48)43-37(32)50/h4-9,12-13,20,22,25,32,42H,2-3,10-11,14-19,21H2,1H3,(H,43,48,50)(H,44,45,49). The molecule has 55 heavy (non-hydrogen) atoms. The smallest absolute Gasteiger partial charge is 0.264 e. The number of fused-ring (bicyclic) bond motifs is 2. The van der Waals surface area contributed by atoms with Crippen molar-refractivity contribution in [1.82, 2.24) is 15.2 Å². The Morgan fingerprint density at radius 1 is 0.964 bits per heavy atom. The van der Waals surface area contributed by atoms with Gasteiger partial charge in [0.15, 0.2) is 5.13 Å². The van der Waals surface area contributed by atoms with E-state index in [0.717, 1.165) is 63.7 Å². The monoisotopic (exact) mass is 760 g/mol. The molecule has 3 aromatic carbocycles. The molecule has 1 saturated carbocycles. The summed E-state index contributed by atoms with van der Waals surface area (Å²) in [6.45, 7) is 3.66. The zero-order chi connectivity index (χ0) is 38.2. The van der Waals surface area contributed by atoms with Crippen molar-refractivity contribution in [3.63, 3.8) is 0 Å². The van der Waals surface area contributed by atoms with E-state index in [-0.39, 0.29) is 48.1 Å². The van der Waals surface area contributed by atoms with Crippen LogP contribution in [0.15, 0.2) is 60.7 Å². The number of carbonyl (C=O) groups is 6. The quantitative estimate of drug-likeness (QED) is 0.122. The molecule has 1 aromatic heterocycles. The second-order valence-electron chi connectivity index (χ2n) is 14.3. The van der Waals surface area contributed by atoms with Gasteiger partial charge >= 0.3 is 0 Å². The zero-order valence-electron chi connectivity index (χ0n) is 30.3. The van der Waals surface area contributed by atoms with Crippen LogP contribution in [0.2, 0.25) is 0 Å². The molecule has 3 N–H and O–H groups in total. The summed E-state index contributed by atoms with van der Waals surface area (Å²) in [6, 6.07) is 17.5. The number of hydrogen-bond donors (Lipinski definition) is 3. The molecule has 4 heterocycles. The lowest BCUT2D eigenvalue weighted by Crippen LogP contribution is -2.54. The molecule has 4 aliphatic rings. The van der Waals surface area contributed by atoms with E-state index in [4.69, 9.17) is 9.72 Å². The summed E-state index contributed by atoms with van der Waals surface area (Å²) in [7, 11) is 0. The second kappa shape index (κ2) is 15.1. The number of hydrogen-bond acceptors (Lipinski definition) is 10. The molecule has 6 amide bonds. The Balaban J connectivity index is 0.797. The van der Waals surface area contributed by atoms with Crippen LogP contribution >= 0.6 is 11.3 Å². The van der Waals surface area contributed by atoms with E-state index in [1.807, 2.05) is 48.2 Å². The maximum Gasteiger partial charge on any atom is 0.264 e. The molecule has 0 spiro atoms. The minimum atomic E-state index is -1.02. The predicted octanol–water partition coefficient (Wildman–Crippen LogP) is 5.27. The third-order valence-electron chi connectivity index (χ3n) is 10.4. The van der Waals surface area contributed by atoms with E-state index in [1.165, 1.54) is 11.3 Å². The van der Waals surface area contributed by atoms with Gasteiger partial charge in [-0.3, -0.25) is 39.0 Å². The third-order valence-corrected chi connectivity index (χ3v) is 11.3. The van der Waals surface area contributed by atoms with E-state index in [0.29, 0.717) is 42.6 Å². The predicted molar refractivity (Wildman–Crippen MR) is 206 cm³/mol. The second-order valence-corrected chi connectivity index (χ2v) is 15.5. The Kier molecular flexibility index (Phi) is 9.91. The molecule has 1 aliphatic carbocycles. The van der Waals surface area contributed by atoms with Gasteiger partial charge < -0.3 is 20.3 Å². The first kappa shape index (κ1) is 36.1. The van der Waals surface area contributed by atoms with Gasteiger partial charge in [0.25, 0.3) is 11.8 Å². The first-order valence-electron chi connectivity index (χ1n) is 18.7. The number of benzene rings is 3. The molecule has 13 nitrogen and oxygen atoms in total. The van der Waals surface area contributed by atoms with Crippen LogP contribution in [0, 0.1) is 12.8 Å². The summed E-state index contributed by atoms with van der Waals surface area (Å²) in [5.41, 5.74) is 5.73. The molecule has 8 rings (SSSR count). The van der Waals surface area contributed by atoms with Crippen molar-refractivity contribution in [3.05, 3.63) is 87.8 Å². The number of unbranched alkanes of at least 4 members (excludes halogenated alkanes) is 1. The third kappa shape index (κ3) is 7.46. The van der Waals surface area contributed by atoms with Crippen molar-refractivity contribution in [1.29, 1.82) is 0 Å². The Bertz CT molecular complexity index is 2250. The number of rotatable bonds is 13. The van der Waals surface area contributed by atoms with Gasteiger partial charge in [0.2, 0.25) is 23.6 Å². The van der Waals surface area contributed by atoms with Gasteiger partial charge in [-0.25, -0.2) is 4.98 Å². The number of ether oxygens (including phenoxy) is 1. The largest absolute Gasteiger partial charge is 0.494 e. The Morgan fingerprint density at radius 3 is 2.62 bits per heavy atom. The van der Waals surface area contributed by atoms with E-state index >= 15 is 0 Å². The Morgan fingerprint density at radius 2 is 1.80 bits per heavy atom. The lowest BCUT2D eigenvalue weighted by atomic mass is 10.0. The van der Waals surface area contributed by atoms with Gasteiger partial charge in [0, 0.05) is 47.2 Å². The molecule has 4 aromatic rings. The number of imide groups is 2. The molecule has 1 saturated heterocycles. The summed E-state index contributed by atoms with van der Waals surface area (Å²) in [6.07, 6.45) is 4.54. The maximum absolute atomic E-state index is 13.3. The van der Waals surface area contributed by atoms with Crippen LogP contribution in [0.1, 0.15) is 75.2 Å². The van der Waals surface area contributed by atoms with Crippen LogP contribution < -0.4 is 25.6 Å². The van der Waals surface area contributed by atoms with Crippen LogP contribution in [-0.4, -0.2) is 71.1 Å². The number of amides is 6. The van der Waals surface area contributed by atoms with Gasteiger partial charge in [-0.2, -0.15) is 0 Å². The lowest BCUT2D eigenvalue weighted by Gasteiger charge is -2.27. The average molecular weight is 761 g/mol. The fourth-order valence-electron chi connectivity index (χ4n) is 7.44. The van der Waals surface area contributed by atoms with Crippen molar-refractivity contribution in [2.24, 2.45) is 5.92 Å². The number of anilines is 3. The number of nitrogens with zero attached hydrogens (tertiary/aromatic N) is 3. The minimum absolute atomic E-state index is 0.0632. The van der Waals surface area contributed by atoms with Crippen molar-refractivity contribution < 1.29 is 33.5 Å². The lowest BCUT2D eigenvalue weighted by molar-refractivity contribution is -0.136. The van der Waals surface area contributed by atoms with Crippen LogP contribution in [0.3, 0.4) is 0 Å². The fraction of sp³-hybridized carbons (Fsp3) is 0.341. The average Bonchev–Trinajstić information content (AvgIpc) is 3.76. The van der Waals surface area contributed by atoms with E-state index in [1.54, 1.807) is 18.2 Å². The highest BCUT2D eigenvalue weighted by Gasteiger charge is 2.45. The van der Waals surface area contributed by atoms with Gasteiger partial charge in [-0.05, 0) is 93.0 Å². The molecule has 0 bridgehead atoms. The molecule has 0 radical (unpaired) electrons. The number of aryl methyl sites for hydroxylation is 1. The maximum atomic E-state index is 13.3. The highest BCUT2D eigenvalue weighted by atomic mass is 32.1. The number of carbonyl (C=O) groups excluding carboxylic acids is 6. The molecular formula is C41H40N6O7S. The van der Waals surface area contributed by atoms with E-state index in [2.05, 4.69) is 22.0 Å². The summed E-state index contributed by atoms with van der Waals surface area (Å²) in [5, 5.41) is 8.95. The van der Waals surface area contributed by atoms with Crippen molar-refractivity contribution >= 4 is 63.3 Å². The fourth-order valence-corrected chi connectivity index (χ4v) is 8.29. The van der Waals surface area contributed by atoms with Crippen LogP contribution in [0.5, 0.6) is 5.75 Å². The summed E-state index contributed by atoms with van der Waals surface area (Å²) < 4.78 is 5.98. The Hall–Kier alpha value is -5.89. The molecule has 282 valence electrons. The van der Waals surface area contributed by atoms with Crippen LogP contribution in [0.25, 0.3) is 11.3 Å². The zero-order valence-corrected chi connectivity index (χ0v) is 31.1. The van der Waals surface area contributed by atoms with Gasteiger partial charge in [-0.1, -0.05) is 24.3 Å². The summed E-state index contributed by atoms with van der Waals surface area (Å²) in [5.74, 6) is -1.26. The molecule has 3 aliphatic heterocycles. The van der Waals surface area contributed by atoms with Crippen molar-refractivity contribution in [3.8, 4) is 17.0 Å².